The maximum absolute atomic E-state index is 12.8. The zero-order chi connectivity index (χ0) is 25.5. The largest absolute Gasteiger partial charge is 0.475 e. The highest BCUT2D eigenvalue weighted by Gasteiger charge is 2.22. The van der Waals surface area contributed by atoms with Crippen LogP contribution in [0.3, 0.4) is 0 Å². The minimum absolute atomic E-state index is 0.119. The molecule has 9 heteroatoms. The predicted octanol–water partition coefficient (Wildman–Crippen LogP) is 3.20. The van der Waals surface area contributed by atoms with Crippen molar-refractivity contribution in [3.8, 4) is 23.1 Å². The molecule has 0 spiro atoms. The first-order chi connectivity index (χ1) is 17.5. The number of carbonyl (C=O) groups excluding carboxylic acids is 1. The summed E-state index contributed by atoms with van der Waals surface area (Å²) in [6.07, 6.45) is 3.64. The van der Waals surface area contributed by atoms with Crippen LogP contribution in [0.1, 0.15) is 45.9 Å². The van der Waals surface area contributed by atoms with Crippen LogP contribution < -0.4 is 10.1 Å². The number of anilines is 1. The summed E-state index contributed by atoms with van der Waals surface area (Å²) in [5.41, 5.74) is 4.17. The predicted molar refractivity (Wildman–Crippen MR) is 133 cm³/mol. The average Bonchev–Trinajstić information content (AvgIpc) is 2.93. The number of pyridine rings is 2. The third-order valence-corrected chi connectivity index (χ3v) is 6.10. The number of nitrogens with zero attached hydrogens (tertiary/aromatic N) is 3. The first-order valence-electron chi connectivity index (χ1n) is 11.8. The van der Waals surface area contributed by atoms with Crippen molar-refractivity contribution < 1.29 is 24.5 Å². The monoisotopic (exact) mass is 488 g/mol. The normalized spacial score (nSPS) is 14.6. The molecule has 4 rings (SSSR count). The smallest absolute Gasteiger partial charge is 0.255 e. The van der Waals surface area contributed by atoms with Crippen molar-refractivity contribution in [1.82, 2.24) is 9.97 Å². The molecule has 1 fully saturated rings. The van der Waals surface area contributed by atoms with E-state index in [1.807, 2.05) is 19.1 Å². The Morgan fingerprint density at radius 3 is 2.69 bits per heavy atom. The number of benzene rings is 1. The lowest BCUT2D eigenvalue weighted by molar-refractivity contribution is 0.0518. The first-order valence-corrected chi connectivity index (χ1v) is 11.8. The van der Waals surface area contributed by atoms with Gasteiger partial charge in [-0.2, -0.15) is 5.26 Å². The Morgan fingerprint density at radius 1 is 1.25 bits per heavy atom. The van der Waals surface area contributed by atoms with Crippen LogP contribution in [-0.4, -0.2) is 58.6 Å². The van der Waals surface area contributed by atoms with Gasteiger partial charge in [0.05, 0.1) is 17.9 Å². The molecule has 1 aliphatic rings. The van der Waals surface area contributed by atoms with E-state index in [2.05, 4.69) is 21.4 Å². The van der Waals surface area contributed by atoms with E-state index in [0.29, 0.717) is 41.2 Å². The second kappa shape index (κ2) is 11.7. The van der Waals surface area contributed by atoms with Crippen molar-refractivity contribution in [2.45, 2.75) is 31.8 Å². The van der Waals surface area contributed by atoms with Gasteiger partial charge in [0.15, 0.2) is 0 Å². The van der Waals surface area contributed by atoms with E-state index >= 15 is 0 Å². The fourth-order valence-electron chi connectivity index (χ4n) is 4.18. The molecular weight excluding hydrogens is 460 g/mol. The summed E-state index contributed by atoms with van der Waals surface area (Å²) in [4.78, 5) is 21.4. The van der Waals surface area contributed by atoms with E-state index in [1.165, 1.54) is 12.4 Å². The molecule has 0 bridgehead atoms. The Balaban J connectivity index is 1.76. The zero-order valence-electron chi connectivity index (χ0n) is 20.0. The van der Waals surface area contributed by atoms with Gasteiger partial charge in [-0.1, -0.05) is 6.07 Å². The average molecular weight is 489 g/mol. The summed E-state index contributed by atoms with van der Waals surface area (Å²) in [7, 11) is 0. The maximum Gasteiger partial charge on any atom is 0.255 e. The fourth-order valence-corrected chi connectivity index (χ4v) is 4.18. The number of amides is 1. The Hall–Kier alpha value is -3.84. The lowest BCUT2D eigenvalue weighted by Gasteiger charge is -2.23. The van der Waals surface area contributed by atoms with E-state index in [-0.39, 0.29) is 24.3 Å². The Bertz CT molecular complexity index is 1250. The number of carbonyl (C=O) groups is 1. The van der Waals surface area contributed by atoms with Gasteiger partial charge in [0.2, 0.25) is 5.88 Å². The van der Waals surface area contributed by atoms with Crippen molar-refractivity contribution in [1.29, 1.82) is 5.26 Å². The van der Waals surface area contributed by atoms with Crippen LogP contribution in [0.4, 0.5) is 5.69 Å². The summed E-state index contributed by atoms with van der Waals surface area (Å²) >= 11 is 0. The molecule has 3 heterocycles. The van der Waals surface area contributed by atoms with Gasteiger partial charge >= 0.3 is 0 Å². The second-order valence-electron chi connectivity index (χ2n) is 8.63. The topological polar surface area (TPSA) is 138 Å². The van der Waals surface area contributed by atoms with Crippen molar-refractivity contribution in [2.24, 2.45) is 0 Å². The molecule has 2 aromatic heterocycles. The highest BCUT2D eigenvalue weighted by atomic mass is 16.5. The van der Waals surface area contributed by atoms with Crippen LogP contribution in [-0.2, 0) is 4.74 Å². The van der Waals surface area contributed by atoms with Gasteiger partial charge in [0.25, 0.3) is 5.91 Å². The van der Waals surface area contributed by atoms with E-state index in [0.717, 1.165) is 24.1 Å². The lowest BCUT2D eigenvalue weighted by atomic mass is 9.90. The molecule has 186 valence electrons. The van der Waals surface area contributed by atoms with E-state index in [9.17, 15) is 15.2 Å². The Kier molecular flexibility index (Phi) is 8.23. The molecule has 1 atom stereocenters. The molecule has 1 amide bonds. The van der Waals surface area contributed by atoms with Crippen LogP contribution in [0, 0.1) is 18.3 Å². The molecule has 3 aromatic rings. The number of aryl methyl sites for hydroxylation is 1. The summed E-state index contributed by atoms with van der Waals surface area (Å²) < 4.78 is 11.2. The lowest BCUT2D eigenvalue weighted by Crippen LogP contribution is -2.22. The SMILES string of the molecule is Cc1ccc(NC(=O)c2ccncc2)c(C#N)c1-c1cc(OC[C@H](O)CO)nc(C2CCOCC2)c1. The number of rotatable bonds is 8. The Labute approximate surface area is 209 Å². The van der Waals surface area contributed by atoms with Gasteiger partial charge in [-0.15, -0.1) is 0 Å². The van der Waals surface area contributed by atoms with Gasteiger partial charge < -0.3 is 25.0 Å². The van der Waals surface area contributed by atoms with E-state index in [4.69, 9.17) is 14.6 Å². The molecule has 36 heavy (non-hydrogen) atoms. The van der Waals surface area contributed by atoms with Crippen LogP contribution >= 0.6 is 0 Å². The summed E-state index contributed by atoms with van der Waals surface area (Å²) in [6.45, 7) is 2.62. The van der Waals surface area contributed by atoms with Crippen LogP contribution in [0.25, 0.3) is 11.1 Å². The number of aliphatic hydroxyl groups is 2. The summed E-state index contributed by atoms with van der Waals surface area (Å²) in [6, 6.07) is 12.7. The van der Waals surface area contributed by atoms with Crippen LogP contribution in [0.5, 0.6) is 5.88 Å². The second-order valence-corrected chi connectivity index (χ2v) is 8.63. The van der Waals surface area contributed by atoms with Gasteiger partial charge in [-0.3, -0.25) is 9.78 Å². The number of aliphatic hydroxyl groups excluding tert-OH is 2. The third kappa shape index (κ3) is 5.86. The van der Waals surface area contributed by atoms with Crippen molar-refractivity contribution in [2.75, 3.05) is 31.7 Å². The van der Waals surface area contributed by atoms with Gasteiger partial charge in [-0.25, -0.2) is 4.98 Å². The molecule has 3 N–H and O–H groups in total. The van der Waals surface area contributed by atoms with Crippen molar-refractivity contribution in [3.05, 3.63) is 71.2 Å². The molecule has 0 unspecified atom stereocenters. The zero-order valence-corrected chi connectivity index (χ0v) is 20.0. The van der Waals surface area contributed by atoms with Gasteiger partial charge in [0.1, 0.15) is 18.8 Å². The number of hydrogen-bond acceptors (Lipinski definition) is 8. The number of nitriles is 1. The maximum atomic E-state index is 12.8. The third-order valence-electron chi connectivity index (χ3n) is 6.10. The molecule has 0 aliphatic carbocycles. The number of aromatic nitrogens is 2. The quantitative estimate of drug-likeness (QED) is 0.440. The highest BCUT2D eigenvalue weighted by Crippen LogP contribution is 2.37. The molecule has 0 radical (unpaired) electrons. The minimum atomic E-state index is -1.04. The molecule has 1 aliphatic heterocycles. The van der Waals surface area contributed by atoms with Crippen LogP contribution in [0.2, 0.25) is 0 Å². The molecule has 1 aromatic carbocycles. The van der Waals surface area contributed by atoms with Gasteiger partial charge in [0, 0.05) is 54.4 Å². The molecular formula is C27H28N4O5. The van der Waals surface area contributed by atoms with Crippen LogP contribution in [0.15, 0.2) is 48.8 Å². The van der Waals surface area contributed by atoms with Crippen molar-refractivity contribution in [3.63, 3.8) is 0 Å². The highest BCUT2D eigenvalue weighted by molar-refractivity contribution is 6.05. The Morgan fingerprint density at radius 2 is 2.00 bits per heavy atom. The first kappa shape index (κ1) is 25.3. The van der Waals surface area contributed by atoms with E-state index in [1.54, 1.807) is 24.3 Å². The number of ether oxygens (including phenoxy) is 2. The number of nitrogens with one attached hydrogen (secondary N) is 1. The number of hydrogen-bond donors (Lipinski definition) is 3. The molecule has 9 nitrogen and oxygen atoms in total. The fraction of sp³-hybridized carbons (Fsp3) is 0.333. The molecule has 0 saturated carbocycles. The summed E-state index contributed by atoms with van der Waals surface area (Å²) in [5, 5.41) is 31.9. The van der Waals surface area contributed by atoms with Gasteiger partial charge in [-0.05, 0) is 55.2 Å². The van der Waals surface area contributed by atoms with Crippen molar-refractivity contribution >= 4 is 11.6 Å². The summed E-state index contributed by atoms with van der Waals surface area (Å²) in [5.74, 6) is 0.101. The minimum Gasteiger partial charge on any atom is -0.475 e. The van der Waals surface area contributed by atoms with E-state index < -0.39 is 12.7 Å². The standard InChI is InChI=1S/C27H28N4O5/c1-17-2-3-23(31-27(34)19-4-8-29-9-5-19)22(14-28)26(17)20-12-24(18-6-10-35-11-7-18)30-25(13-20)36-16-21(33)15-32/h2-5,8-9,12-13,18,21,32-33H,6-7,10-11,15-16H2,1H3,(H,31,34)/t21-/m1/s1. The molecule has 1 saturated heterocycles.